The topological polar surface area (TPSA) is 51.5 Å². The Kier molecular flexibility index (Phi) is 7.50. The van der Waals surface area contributed by atoms with Crippen LogP contribution in [0.5, 0.6) is 0 Å². The van der Waals surface area contributed by atoms with Crippen LogP contribution in [0.3, 0.4) is 0 Å². The van der Waals surface area contributed by atoms with Crippen molar-refractivity contribution in [2.45, 2.75) is 39.5 Å². The molecule has 0 bridgehead atoms. The minimum absolute atomic E-state index is 0.0394. The molecule has 0 aliphatic carbocycles. The summed E-state index contributed by atoms with van der Waals surface area (Å²) in [5, 5.41) is 0. The van der Waals surface area contributed by atoms with E-state index in [1.54, 1.807) is 4.90 Å². The summed E-state index contributed by atoms with van der Waals surface area (Å²) in [7, 11) is 1.39. The Hall–Kier alpha value is -2.38. The van der Waals surface area contributed by atoms with Gasteiger partial charge in [0.25, 0.3) is 5.91 Å². The highest BCUT2D eigenvalue weighted by molar-refractivity contribution is 8.26. The van der Waals surface area contributed by atoms with E-state index in [9.17, 15) is 9.59 Å². The van der Waals surface area contributed by atoms with Gasteiger partial charge in [-0.1, -0.05) is 48.6 Å². The molecule has 0 N–H and O–H groups in total. The van der Waals surface area contributed by atoms with E-state index in [1.165, 1.54) is 18.9 Å². The smallest absolute Gasteiger partial charge is 0.305 e. The molecule has 0 unspecified atom stereocenters. The van der Waals surface area contributed by atoms with Crippen LogP contribution in [0.25, 0.3) is 11.8 Å². The first kappa shape index (κ1) is 22.3. The molecule has 1 aliphatic rings. The van der Waals surface area contributed by atoms with E-state index in [-0.39, 0.29) is 11.9 Å². The Balaban J connectivity index is 1.68. The number of benzene rings is 1. The number of rotatable bonds is 8. The Morgan fingerprint density at radius 3 is 2.60 bits per heavy atom. The summed E-state index contributed by atoms with van der Waals surface area (Å²) >= 11 is 6.79. The Labute approximate surface area is 187 Å². The molecule has 1 fully saturated rings. The van der Waals surface area contributed by atoms with Crippen LogP contribution in [0, 0.1) is 13.8 Å². The second kappa shape index (κ2) is 10.1. The van der Waals surface area contributed by atoms with E-state index in [0.29, 0.717) is 22.2 Å². The Morgan fingerprint density at radius 2 is 1.90 bits per heavy atom. The number of unbranched alkanes of at least 4 members (excludes halogenated alkanes) is 2. The van der Waals surface area contributed by atoms with Crippen molar-refractivity contribution in [3.8, 4) is 5.69 Å². The van der Waals surface area contributed by atoms with Gasteiger partial charge in [0.1, 0.15) is 4.32 Å². The molecule has 1 aromatic heterocycles. The summed E-state index contributed by atoms with van der Waals surface area (Å²) < 4.78 is 7.43. The summed E-state index contributed by atoms with van der Waals surface area (Å²) in [4.78, 5) is 26.4. The van der Waals surface area contributed by atoms with Crippen molar-refractivity contribution in [3.05, 3.63) is 58.3 Å². The molecule has 5 nitrogen and oxygen atoms in total. The third kappa shape index (κ3) is 5.02. The molecule has 0 radical (unpaired) electrons. The number of aromatic nitrogens is 1. The molecule has 2 heterocycles. The van der Waals surface area contributed by atoms with Crippen molar-refractivity contribution in [3.63, 3.8) is 0 Å². The fourth-order valence-electron chi connectivity index (χ4n) is 3.56. The maximum absolute atomic E-state index is 12.9. The van der Waals surface area contributed by atoms with Crippen LogP contribution >= 0.6 is 24.0 Å². The van der Waals surface area contributed by atoms with Gasteiger partial charge >= 0.3 is 5.97 Å². The number of carbonyl (C=O) groups is 2. The monoisotopic (exact) mass is 442 g/mol. The zero-order valence-electron chi connectivity index (χ0n) is 17.5. The number of methoxy groups -OCH3 is 1. The van der Waals surface area contributed by atoms with Gasteiger partial charge in [-0.05, 0) is 56.5 Å². The normalized spacial score (nSPS) is 15.3. The van der Waals surface area contributed by atoms with Crippen molar-refractivity contribution in [2.75, 3.05) is 13.7 Å². The number of nitrogens with zero attached hydrogens (tertiary/aromatic N) is 2. The van der Waals surface area contributed by atoms with Gasteiger partial charge in [-0.15, -0.1) is 0 Å². The average molecular weight is 443 g/mol. The third-order valence-corrected chi connectivity index (χ3v) is 6.51. The molecule has 0 atom stereocenters. The second-order valence-corrected chi connectivity index (χ2v) is 8.89. The van der Waals surface area contributed by atoms with Gasteiger partial charge in [0, 0.05) is 30.0 Å². The lowest BCUT2D eigenvalue weighted by atomic mass is 10.2. The van der Waals surface area contributed by atoms with Crippen molar-refractivity contribution >= 4 is 46.3 Å². The van der Waals surface area contributed by atoms with Crippen molar-refractivity contribution in [1.82, 2.24) is 9.47 Å². The lowest BCUT2D eigenvalue weighted by Crippen LogP contribution is -2.29. The fourth-order valence-corrected chi connectivity index (χ4v) is 4.86. The summed E-state index contributed by atoms with van der Waals surface area (Å²) in [6, 6.07) is 12.3. The summed E-state index contributed by atoms with van der Waals surface area (Å²) in [5.74, 6) is -0.237. The number of thioether (sulfide) groups is 1. The highest BCUT2D eigenvalue weighted by Crippen LogP contribution is 2.34. The second-order valence-electron chi connectivity index (χ2n) is 7.22. The molecular formula is C23H26N2O3S2. The molecule has 7 heteroatoms. The van der Waals surface area contributed by atoms with Gasteiger partial charge in [-0.25, -0.2) is 0 Å². The molecule has 2 aromatic rings. The van der Waals surface area contributed by atoms with Crippen molar-refractivity contribution in [1.29, 1.82) is 0 Å². The van der Waals surface area contributed by atoms with Crippen LogP contribution in [0.2, 0.25) is 0 Å². The first-order valence-electron chi connectivity index (χ1n) is 9.99. The van der Waals surface area contributed by atoms with Gasteiger partial charge in [0.15, 0.2) is 0 Å². The predicted octanol–water partition coefficient (Wildman–Crippen LogP) is 5.03. The predicted molar refractivity (Wildman–Crippen MR) is 126 cm³/mol. The molecule has 0 spiro atoms. The van der Waals surface area contributed by atoms with Crippen molar-refractivity contribution in [2.24, 2.45) is 0 Å². The maximum Gasteiger partial charge on any atom is 0.305 e. The Morgan fingerprint density at radius 1 is 1.17 bits per heavy atom. The van der Waals surface area contributed by atoms with E-state index in [4.69, 9.17) is 12.2 Å². The van der Waals surface area contributed by atoms with E-state index >= 15 is 0 Å². The van der Waals surface area contributed by atoms with Crippen LogP contribution in [-0.4, -0.2) is 39.3 Å². The number of carbonyl (C=O) groups excluding carboxylic acids is 2. The zero-order chi connectivity index (χ0) is 21.7. The van der Waals surface area contributed by atoms with Crippen LogP contribution < -0.4 is 0 Å². The molecule has 1 saturated heterocycles. The fraction of sp³-hybridized carbons (Fsp3) is 0.348. The SMILES string of the molecule is COC(=O)CCCCCN1C(=O)/C(=C/c2cc(C)n(-c3ccccc3)c2C)SC1=S. The average Bonchev–Trinajstić information content (AvgIpc) is 3.17. The number of thiocarbonyl (C=S) groups is 1. The summed E-state index contributed by atoms with van der Waals surface area (Å²) in [6.07, 6.45) is 4.76. The van der Waals surface area contributed by atoms with Gasteiger partial charge < -0.3 is 9.30 Å². The number of esters is 1. The van der Waals surface area contributed by atoms with E-state index in [2.05, 4.69) is 41.4 Å². The molecule has 1 amide bonds. The summed E-state index contributed by atoms with van der Waals surface area (Å²) in [5.41, 5.74) is 4.33. The van der Waals surface area contributed by atoms with Gasteiger partial charge in [0.05, 0.1) is 12.0 Å². The van der Waals surface area contributed by atoms with Gasteiger partial charge in [0.2, 0.25) is 0 Å². The highest BCUT2D eigenvalue weighted by atomic mass is 32.2. The first-order chi connectivity index (χ1) is 14.4. The molecular weight excluding hydrogens is 416 g/mol. The first-order valence-corrected chi connectivity index (χ1v) is 11.2. The number of para-hydroxylation sites is 1. The van der Waals surface area contributed by atoms with Crippen LogP contribution in [0.4, 0.5) is 0 Å². The van der Waals surface area contributed by atoms with Gasteiger partial charge in [-0.2, -0.15) is 0 Å². The van der Waals surface area contributed by atoms with E-state index in [0.717, 1.165) is 41.9 Å². The lowest BCUT2D eigenvalue weighted by molar-refractivity contribution is -0.140. The van der Waals surface area contributed by atoms with Crippen LogP contribution in [0.15, 0.2) is 41.3 Å². The summed E-state index contributed by atoms with van der Waals surface area (Å²) in [6.45, 7) is 4.71. The molecule has 1 aromatic carbocycles. The third-order valence-electron chi connectivity index (χ3n) is 5.14. The van der Waals surface area contributed by atoms with E-state index < -0.39 is 0 Å². The minimum atomic E-state index is -0.198. The number of amides is 1. The number of aryl methyl sites for hydroxylation is 1. The highest BCUT2D eigenvalue weighted by Gasteiger charge is 2.31. The maximum atomic E-state index is 12.9. The molecule has 158 valence electrons. The number of hydrogen-bond donors (Lipinski definition) is 0. The minimum Gasteiger partial charge on any atom is -0.469 e. The Bertz CT molecular complexity index is 980. The van der Waals surface area contributed by atoms with Crippen molar-refractivity contribution < 1.29 is 14.3 Å². The molecule has 30 heavy (non-hydrogen) atoms. The quantitative estimate of drug-likeness (QED) is 0.248. The van der Waals surface area contributed by atoms with Crippen LogP contribution in [-0.2, 0) is 14.3 Å². The van der Waals surface area contributed by atoms with E-state index in [1.807, 2.05) is 24.3 Å². The number of ether oxygens (including phenoxy) is 1. The van der Waals surface area contributed by atoms with Gasteiger partial charge in [-0.3, -0.25) is 14.5 Å². The molecule has 1 aliphatic heterocycles. The standard InChI is InChI=1S/C23H26N2O3S2/c1-16-14-18(17(2)25(16)19-10-6-4-7-11-19)15-20-22(27)24(23(29)30-20)13-9-5-8-12-21(26)28-3/h4,6-7,10-11,14-15H,5,8-9,12-13H2,1-3H3/b20-15-. The zero-order valence-corrected chi connectivity index (χ0v) is 19.1. The largest absolute Gasteiger partial charge is 0.469 e. The molecule has 3 rings (SSSR count). The van der Waals surface area contributed by atoms with Crippen LogP contribution in [0.1, 0.15) is 42.6 Å². The number of hydrogen-bond acceptors (Lipinski definition) is 5. The molecule has 0 saturated carbocycles. The lowest BCUT2D eigenvalue weighted by Gasteiger charge is -2.13.